The van der Waals surface area contributed by atoms with Gasteiger partial charge >= 0.3 is 0 Å². The molecular weight excluding hydrogens is 374 g/mol. The Kier molecular flexibility index (Phi) is 5.94. The summed E-state index contributed by atoms with van der Waals surface area (Å²) in [7, 11) is 1.62. The molecule has 6 nitrogen and oxygen atoms in total. The third kappa shape index (κ3) is 4.48. The number of rotatable bonds is 6. The molecule has 0 radical (unpaired) electrons. The molecule has 1 atom stereocenters. The molecular formula is C21H23N3O3S. The number of ether oxygens (including phenoxy) is 2. The normalized spacial score (nSPS) is 11.8. The van der Waals surface area contributed by atoms with E-state index < -0.39 is 6.10 Å². The summed E-state index contributed by atoms with van der Waals surface area (Å²) in [5.74, 6) is 1.22. The number of methoxy groups -OCH3 is 1. The summed E-state index contributed by atoms with van der Waals surface area (Å²) >= 11 is 1.31. The van der Waals surface area contributed by atoms with Gasteiger partial charge in [-0.05, 0) is 74.7 Å². The number of hydrogen-bond acceptors (Lipinski definition) is 6. The van der Waals surface area contributed by atoms with Crippen molar-refractivity contribution in [1.82, 2.24) is 10.2 Å². The minimum absolute atomic E-state index is 0.268. The van der Waals surface area contributed by atoms with Gasteiger partial charge in [0.1, 0.15) is 16.5 Å². The molecule has 146 valence electrons. The maximum absolute atomic E-state index is 12.5. The average molecular weight is 398 g/mol. The molecule has 0 bridgehead atoms. The molecule has 28 heavy (non-hydrogen) atoms. The van der Waals surface area contributed by atoms with Gasteiger partial charge in [0.05, 0.1) is 7.11 Å². The van der Waals surface area contributed by atoms with Crippen molar-refractivity contribution < 1.29 is 14.3 Å². The highest BCUT2D eigenvalue weighted by Gasteiger charge is 2.18. The molecule has 0 aliphatic heterocycles. The molecule has 0 fully saturated rings. The van der Waals surface area contributed by atoms with Crippen LogP contribution in [0.3, 0.4) is 0 Å². The molecule has 1 heterocycles. The van der Waals surface area contributed by atoms with E-state index in [1.165, 1.54) is 11.3 Å². The molecule has 0 aliphatic rings. The molecule has 2 aromatic carbocycles. The fraction of sp³-hybridized carbons (Fsp3) is 0.286. The summed E-state index contributed by atoms with van der Waals surface area (Å²) in [6.45, 7) is 7.74. The average Bonchev–Trinajstić information content (AvgIpc) is 3.14. The Bertz CT molecular complexity index is 983. The molecule has 3 aromatic rings. The van der Waals surface area contributed by atoms with Gasteiger partial charge in [0.2, 0.25) is 5.13 Å². The largest absolute Gasteiger partial charge is 0.497 e. The molecule has 0 saturated heterocycles. The minimum atomic E-state index is -0.659. The lowest BCUT2D eigenvalue weighted by Gasteiger charge is -2.17. The van der Waals surface area contributed by atoms with Gasteiger partial charge in [-0.1, -0.05) is 17.4 Å². The fourth-order valence-electron chi connectivity index (χ4n) is 2.70. The van der Waals surface area contributed by atoms with E-state index in [1.54, 1.807) is 14.0 Å². The zero-order valence-corrected chi connectivity index (χ0v) is 17.4. The maximum Gasteiger partial charge on any atom is 0.266 e. The number of hydrogen-bond donors (Lipinski definition) is 1. The topological polar surface area (TPSA) is 73.3 Å². The van der Waals surface area contributed by atoms with E-state index in [4.69, 9.17) is 9.47 Å². The van der Waals surface area contributed by atoms with E-state index in [9.17, 15) is 4.79 Å². The van der Waals surface area contributed by atoms with Crippen LogP contribution < -0.4 is 14.8 Å². The highest BCUT2D eigenvalue weighted by molar-refractivity contribution is 7.18. The first kappa shape index (κ1) is 19.8. The fourth-order valence-corrected chi connectivity index (χ4v) is 3.45. The van der Waals surface area contributed by atoms with E-state index >= 15 is 0 Å². The lowest BCUT2D eigenvalue weighted by Crippen LogP contribution is -2.30. The summed E-state index contributed by atoms with van der Waals surface area (Å²) in [5.41, 5.74) is 4.17. The van der Waals surface area contributed by atoms with Gasteiger partial charge in [0, 0.05) is 5.56 Å². The van der Waals surface area contributed by atoms with Crippen molar-refractivity contribution >= 4 is 22.4 Å². The van der Waals surface area contributed by atoms with Crippen LogP contribution in [-0.4, -0.2) is 29.3 Å². The van der Waals surface area contributed by atoms with Crippen molar-refractivity contribution in [3.63, 3.8) is 0 Å². The first-order chi connectivity index (χ1) is 13.4. The Morgan fingerprint density at radius 1 is 1.11 bits per heavy atom. The SMILES string of the molecule is COc1ccc(-c2nnc(NC(=O)[C@@H](C)Oc3cc(C)cc(C)c3C)s2)cc1. The number of carbonyl (C=O) groups excluding carboxylic acids is 1. The number of anilines is 1. The highest BCUT2D eigenvalue weighted by Crippen LogP contribution is 2.28. The molecule has 1 amide bonds. The van der Waals surface area contributed by atoms with Gasteiger partial charge in [-0.3, -0.25) is 10.1 Å². The summed E-state index contributed by atoms with van der Waals surface area (Å²) in [5, 5.41) is 12.1. The number of nitrogens with one attached hydrogen (secondary N) is 1. The zero-order valence-electron chi connectivity index (χ0n) is 16.6. The van der Waals surface area contributed by atoms with E-state index in [-0.39, 0.29) is 5.91 Å². The second kappa shape index (κ2) is 8.39. The number of benzene rings is 2. The maximum atomic E-state index is 12.5. The van der Waals surface area contributed by atoms with Gasteiger partial charge in [-0.25, -0.2) is 0 Å². The molecule has 0 saturated carbocycles. The van der Waals surface area contributed by atoms with Crippen LogP contribution in [0.2, 0.25) is 0 Å². The third-order valence-corrected chi connectivity index (χ3v) is 5.32. The van der Waals surface area contributed by atoms with Crippen LogP contribution in [0, 0.1) is 20.8 Å². The number of aromatic nitrogens is 2. The summed E-state index contributed by atoms with van der Waals surface area (Å²) in [6, 6.07) is 11.6. The van der Waals surface area contributed by atoms with Gasteiger partial charge in [-0.2, -0.15) is 0 Å². The number of carbonyl (C=O) groups is 1. The van der Waals surface area contributed by atoms with Gasteiger partial charge in [0.15, 0.2) is 6.10 Å². The van der Waals surface area contributed by atoms with Crippen molar-refractivity contribution in [1.29, 1.82) is 0 Å². The van der Waals surface area contributed by atoms with Gasteiger partial charge in [0.25, 0.3) is 5.91 Å². The number of amides is 1. The molecule has 1 N–H and O–H groups in total. The Morgan fingerprint density at radius 3 is 2.50 bits per heavy atom. The van der Waals surface area contributed by atoms with Crippen LogP contribution in [0.4, 0.5) is 5.13 Å². The van der Waals surface area contributed by atoms with Crippen LogP contribution in [0.15, 0.2) is 36.4 Å². The minimum Gasteiger partial charge on any atom is -0.497 e. The predicted octanol–water partition coefficient (Wildman–Crippen LogP) is 4.54. The monoisotopic (exact) mass is 397 g/mol. The van der Waals surface area contributed by atoms with Crippen molar-refractivity contribution in [2.45, 2.75) is 33.8 Å². The molecule has 3 rings (SSSR count). The van der Waals surface area contributed by atoms with Crippen molar-refractivity contribution in [3.8, 4) is 22.1 Å². The van der Waals surface area contributed by atoms with E-state index in [0.717, 1.165) is 38.8 Å². The van der Waals surface area contributed by atoms with Crippen molar-refractivity contribution in [3.05, 3.63) is 53.1 Å². The van der Waals surface area contributed by atoms with E-state index in [1.807, 2.05) is 51.1 Å². The van der Waals surface area contributed by atoms with Crippen LogP contribution >= 0.6 is 11.3 Å². The lowest BCUT2D eigenvalue weighted by atomic mass is 10.1. The van der Waals surface area contributed by atoms with E-state index in [0.29, 0.717) is 5.13 Å². The second-order valence-electron chi connectivity index (χ2n) is 6.60. The molecule has 0 aliphatic carbocycles. The Morgan fingerprint density at radius 2 is 1.82 bits per heavy atom. The summed E-state index contributed by atoms with van der Waals surface area (Å²) in [4.78, 5) is 12.5. The third-order valence-electron chi connectivity index (χ3n) is 4.43. The summed E-state index contributed by atoms with van der Waals surface area (Å²) < 4.78 is 11.0. The first-order valence-electron chi connectivity index (χ1n) is 8.90. The first-order valence-corrected chi connectivity index (χ1v) is 9.72. The molecule has 0 spiro atoms. The van der Waals surface area contributed by atoms with Crippen LogP contribution in [0.5, 0.6) is 11.5 Å². The quantitative estimate of drug-likeness (QED) is 0.661. The van der Waals surface area contributed by atoms with Crippen LogP contribution in [-0.2, 0) is 4.79 Å². The second-order valence-corrected chi connectivity index (χ2v) is 7.57. The van der Waals surface area contributed by atoms with Crippen LogP contribution in [0.1, 0.15) is 23.6 Å². The van der Waals surface area contributed by atoms with Gasteiger partial charge in [-0.15, -0.1) is 10.2 Å². The molecule has 0 unspecified atom stereocenters. The van der Waals surface area contributed by atoms with E-state index in [2.05, 4.69) is 21.6 Å². The number of nitrogens with zero attached hydrogens (tertiary/aromatic N) is 2. The van der Waals surface area contributed by atoms with Crippen molar-refractivity contribution in [2.75, 3.05) is 12.4 Å². The molecule has 7 heteroatoms. The highest BCUT2D eigenvalue weighted by atomic mass is 32.1. The smallest absolute Gasteiger partial charge is 0.266 e. The molecule has 1 aromatic heterocycles. The van der Waals surface area contributed by atoms with Crippen molar-refractivity contribution in [2.24, 2.45) is 0 Å². The lowest BCUT2D eigenvalue weighted by molar-refractivity contribution is -0.122. The standard InChI is InChI=1S/C21H23N3O3S/c1-12-10-13(2)14(3)18(11-12)27-15(4)19(25)22-21-24-23-20(28-21)16-6-8-17(26-5)9-7-16/h6-11,15H,1-5H3,(H,22,24,25)/t15-/m1/s1. The number of aryl methyl sites for hydroxylation is 2. The summed E-state index contributed by atoms with van der Waals surface area (Å²) in [6.07, 6.45) is -0.659. The van der Waals surface area contributed by atoms with Gasteiger partial charge < -0.3 is 9.47 Å². The zero-order chi connectivity index (χ0) is 20.3. The Balaban J connectivity index is 1.67. The Hall–Kier alpha value is -2.93. The predicted molar refractivity (Wildman–Crippen MR) is 111 cm³/mol. The van der Waals surface area contributed by atoms with Crippen LogP contribution in [0.25, 0.3) is 10.6 Å². The Labute approximate surface area is 168 Å².